The van der Waals surface area contributed by atoms with Gasteiger partial charge in [0.2, 0.25) is 11.8 Å². The number of rotatable bonds is 6. The van der Waals surface area contributed by atoms with Crippen LogP contribution >= 0.6 is 0 Å². The number of benzene rings is 1. The zero-order chi connectivity index (χ0) is 18.5. The molecular formula is C20H20N4O2. The predicted molar refractivity (Wildman–Crippen MR) is 103 cm³/mol. The maximum absolute atomic E-state index is 11.9. The summed E-state index contributed by atoms with van der Waals surface area (Å²) in [5.74, 6) is -0.561. The minimum Gasteiger partial charge on any atom is -0.366 e. The molecule has 0 fully saturated rings. The van der Waals surface area contributed by atoms with Crippen molar-refractivity contribution in [3.8, 4) is 0 Å². The third-order valence-corrected chi connectivity index (χ3v) is 3.97. The highest BCUT2D eigenvalue weighted by molar-refractivity contribution is 6.24. The van der Waals surface area contributed by atoms with Crippen molar-refractivity contribution in [2.75, 3.05) is 5.32 Å². The van der Waals surface area contributed by atoms with Gasteiger partial charge in [0.1, 0.15) is 5.65 Å². The number of aromatic nitrogens is 2. The van der Waals surface area contributed by atoms with Gasteiger partial charge in [-0.2, -0.15) is 0 Å². The predicted octanol–water partition coefficient (Wildman–Crippen LogP) is 3.33. The maximum Gasteiger partial charge on any atom is 0.249 e. The lowest BCUT2D eigenvalue weighted by Gasteiger charge is -2.05. The fourth-order valence-electron chi connectivity index (χ4n) is 2.73. The van der Waals surface area contributed by atoms with E-state index in [1.165, 1.54) is 0 Å². The highest BCUT2D eigenvalue weighted by Crippen LogP contribution is 2.25. The second kappa shape index (κ2) is 7.65. The Morgan fingerprint density at radius 1 is 1.27 bits per heavy atom. The number of H-pyrrole nitrogens is 1. The molecule has 1 aromatic carbocycles. The van der Waals surface area contributed by atoms with Crippen molar-refractivity contribution >= 4 is 40.2 Å². The van der Waals surface area contributed by atoms with Crippen LogP contribution in [0.1, 0.15) is 30.9 Å². The normalized spacial score (nSPS) is 11.5. The molecule has 2 aromatic heterocycles. The Balaban J connectivity index is 2.01. The summed E-state index contributed by atoms with van der Waals surface area (Å²) in [6.45, 7) is 1.95. The lowest BCUT2D eigenvalue weighted by molar-refractivity contribution is -0.116. The van der Waals surface area contributed by atoms with Crippen molar-refractivity contribution in [3.63, 3.8) is 0 Å². The Kier molecular flexibility index (Phi) is 5.12. The number of pyridine rings is 1. The second-order valence-corrected chi connectivity index (χ2v) is 5.95. The largest absolute Gasteiger partial charge is 0.366 e. The SMILES string of the molecule is CCCC(=O)Nc1cnc2[nH]cc(/C=C(/C(N)=O)c3ccccc3)c2c1. The molecule has 6 heteroatoms. The number of amides is 2. The van der Waals surface area contributed by atoms with Gasteiger partial charge in [-0.25, -0.2) is 4.98 Å². The van der Waals surface area contributed by atoms with E-state index in [2.05, 4.69) is 15.3 Å². The second-order valence-electron chi connectivity index (χ2n) is 5.95. The summed E-state index contributed by atoms with van der Waals surface area (Å²) in [4.78, 5) is 31.1. The van der Waals surface area contributed by atoms with E-state index in [0.29, 0.717) is 23.3 Å². The molecular weight excluding hydrogens is 328 g/mol. The van der Waals surface area contributed by atoms with E-state index in [9.17, 15) is 9.59 Å². The molecule has 0 saturated carbocycles. The first-order chi connectivity index (χ1) is 12.6. The molecule has 0 aliphatic heterocycles. The summed E-state index contributed by atoms with van der Waals surface area (Å²) in [7, 11) is 0. The minimum atomic E-state index is -0.508. The number of anilines is 1. The number of hydrogen-bond acceptors (Lipinski definition) is 3. The van der Waals surface area contributed by atoms with Gasteiger partial charge in [-0.05, 0) is 24.1 Å². The molecule has 132 valence electrons. The zero-order valence-electron chi connectivity index (χ0n) is 14.5. The Labute approximate surface area is 151 Å². The fraction of sp³-hybridized carbons (Fsp3) is 0.150. The third-order valence-electron chi connectivity index (χ3n) is 3.97. The molecule has 0 saturated heterocycles. The van der Waals surface area contributed by atoms with E-state index < -0.39 is 5.91 Å². The lowest BCUT2D eigenvalue weighted by Crippen LogP contribution is -2.12. The maximum atomic E-state index is 11.9. The van der Waals surface area contributed by atoms with Crippen molar-refractivity contribution in [2.24, 2.45) is 5.73 Å². The molecule has 0 aliphatic carbocycles. The lowest BCUT2D eigenvalue weighted by atomic mass is 10.0. The van der Waals surface area contributed by atoms with E-state index in [1.54, 1.807) is 18.5 Å². The highest BCUT2D eigenvalue weighted by atomic mass is 16.1. The number of carbonyl (C=O) groups excluding carboxylic acids is 2. The average molecular weight is 348 g/mol. The number of aromatic amines is 1. The van der Waals surface area contributed by atoms with Crippen molar-refractivity contribution in [1.29, 1.82) is 0 Å². The van der Waals surface area contributed by atoms with E-state index >= 15 is 0 Å². The molecule has 3 aromatic rings. The number of nitrogens with zero attached hydrogens (tertiary/aromatic N) is 1. The Morgan fingerprint density at radius 2 is 2.04 bits per heavy atom. The fourth-order valence-corrected chi connectivity index (χ4v) is 2.73. The van der Waals surface area contributed by atoms with Gasteiger partial charge < -0.3 is 16.0 Å². The monoisotopic (exact) mass is 348 g/mol. The topological polar surface area (TPSA) is 101 Å². The van der Waals surface area contributed by atoms with Gasteiger partial charge in [-0.3, -0.25) is 9.59 Å². The van der Waals surface area contributed by atoms with Crippen LogP contribution in [0.4, 0.5) is 5.69 Å². The van der Waals surface area contributed by atoms with Crippen molar-refractivity contribution < 1.29 is 9.59 Å². The van der Waals surface area contributed by atoms with Gasteiger partial charge in [0, 0.05) is 29.1 Å². The molecule has 0 atom stereocenters. The summed E-state index contributed by atoms with van der Waals surface area (Å²) in [6.07, 6.45) is 6.33. The zero-order valence-corrected chi connectivity index (χ0v) is 14.5. The molecule has 0 spiro atoms. The van der Waals surface area contributed by atoms with Gasteiger partial charge >= 0.3 is 0 Å². The van der Waals surface area contributed by atoms with Crippen LogP contribution in [0.5, 0.6) is 0 Å². The number of primary amides is 1. The number of fused-ring (bicyclic) bond motifs is 1. The van der Waals surface area contributed by atoms with Crippen LogP contribution in [0.2, 0.25) is 0 Å². The van der Waals surface area contributed by atoms with Gasteiger partial charge in [-0.15, -0.1) is 0 Å². The molecule has 26 heavy (non-hydrogen) atoms. The number of hydrogen-bond donors (Lipinski definition) is 3. The summed E-state index contributed by atoms with van der Waals surface area (Å²) in [6, 6.07) is 11.1. The average Bonchev–Trinajstić information content (AvgIpc) is 3.02. The van der Waals surface area contributed by atoms with Crippen LogP contribution in [0.15, 0.2) is 48.8 Å². The van der Waals surface area contributed by atoms with Crippen molar-refractivity contribution in [3.05, 3.63) is 59.9 Å². The van der Waals surface area contributed by atoms with Crippen LogP contribution in [-0.2, 0) is 9.59 Å². The van der Waals surface area contributed by atoms with E-state index in [1.807, 2.05) is 43.3 Å². The first-order valence-corrected chi connectivity index (χ1v) is 8.42. The summed E-state index contributed by atoms with van der Waals surface area (Å²) in [5.41, 5.74) is 8.78. The van der Waals surface area contributed by atoms with Gasteiger partial charge in [-0.1, -0.05) is 37.3 Å². The summed E-state index contributed by atoms with van der Waals surface area (Å²) in [5, 5.41) is 3.63. The third kappa shape index (κ3) is 3.80. The summed E-state index contributed by atoms with van der Waals surface area (Å²) >= 11 is 0. The molecule has 0 aliphatic rings. The van der Waals surface area contributed by atoms with Gasteiger partial charge in [0.25, 0.3) is 0 Å². The van der Waals surface area contributed by atoms with E-state index in [-0.39, 0.29) is 5.91 Å². The van der Waals surface area contributed by atoms with Crippen LogP contribution in [0, 0.1) is 0 Å². The first kappa shape index (κ1) is 17.4. The number of nitrogens with one attached hydrogen (secondary N) is 2. The van der Waals surface area contributed by atoms with Crippen LogP contribution in [0.3, 0.4) is 0 Å². The van der Waals surface area contributed by atoms with Crippen LogP contribution < -0.4 is 11.1 Å². The minimum absolute atomic E-state index is 0.0524. The van der Waals surface area contributed by atoms with Gasteiger partial charge in [0.05, 0.1) is 11.9 Å². The molecule has 4 N–H and O–H groups in total. The molecule has 3 rings (SSSR count). The highest BCUT2D eigenvalue weighted by Gasteiger charge is 2.11. The molecule has 0 radical (unpaired) electrons. The van der Waals surface area contributed by atoms with Crippen LogP contribution in [-0.4, -0.2) is 21.8 Å². The quantitative estimate of drug-likeness (QED) is 0.596. The van der Waals surface area contributed by atoms with Crippen molar-refractivity contribution in [2.45, 2.75) is 19.8 Å². The molecule has 2 amide bonds. The Morgan fingerprint density at radius 3 is 2.73 bits per heavy atom. The Hall–Kier alpha value is -3.41. The van der Waals surface area contributed by atoms with E-state index in [0.717, 1.165) is 22.9 Å². The molecule has 0 bridgehead atoms. The Bertz CT molecular complexity index is 974. The standard InChI is InChI=1S/C20H20N4O2/c1-2-6-18(25)24-15-10-17-14(11-22-20(17)23-12-15)9-16(19(21)26)13-7-4-3-5-8-13/h3-5,7-12H,2,6H2,1H3,(H2,21,26)(H,22,23)(H,24,25)/b16-9+. The molecule has 0 unspecified atom stereocenters. The van der Waals surface area contributed by atoms with E-state index in [4.69, 9.17) is 5.73 Å². The number of carbonyl (C=O) groups is 2. The van der Waals surface area contributed by atoms with Gasteiger partial charge in [0.15, 0.2) is 0 Å². The number of nitrogens with two attached hydrogens (primary N) is 1. The summed E-state index contributed by atoms with van der Waals surface area (Å²) < 4.78 is 0. The smallest absolute Gasteiger partial charge is 0.249 e. The van der Waals surface area contributed by atoms with Crippen LogP contribution in [0.25, 0.3) is 22.7 Å². The molecule has 2 heterocycles. The molecule has 6 nitrogen and oxygen atoms in total. The first-order valence-electron chi connectivity index (χ1n) is 8.42. The van der Waals surface area contributed by atoms with Crippen molar-refractivity contribution in [1.82, 2.24) is 9.97 Å².